The molecule has 2 heterocycles. The second-order valence-electron chi connectivity index (χ2n) is 6.65. The van der Waals surface area contributed by atoms with Crippen molar-refractivity contribution < 1.29 is 18.7 Å². The van der Waals surface area contributed by atoms with Gasteiger partial charge in [-0.2, -0.15) is 0 Å². The second kappa shape index (κ2) is 8.48. The smallest absolute Gasteiger partial charge is 0.291 e. The molecular formula is C23H20N2O4. The van der Waals surface area contributed by atoms with Gasteiger partial charge in [-0.15, -0.1) is 0 Å². The fourth-order valence-electron chi connectivity index (χ4n) is 3.09. The van der Waals surface area contributed by atoms with Gasteiger partial charge >= 0.3 is 0 Å². The van der Waals surface area contributed by atoms with Crippen molar-refractivity contribution in [2.75, 3.05) is 11.9 Å². The van der Waals surface area contributed by atoms with Gasteiger partial charge in [0.15, 0.2) is 5.76 Å². The Morgan fingerprint density at radius 3 is 2.86 bits per heavy atom. The highest BCUT2D eigenvalue weighted by atomic mass is 16.5. The Hall–Kier alpha value is -3.80. The summed E-state index contributed by atoms with van der Waals surface area (Å²) in [4.78, 5) is 24.2. The topological polar surface area (TPSA) is 80.6 Å². The molecule has 0 fully saturated rings. The highest BCUT2D eigenvalue weighted by Gasteiger charge is 2.11. The molecule has 4 rings (SSSR count). The van der Waals surface area contributed by atoms with Crippen LogP contribution in [0.15, 0.2) is 71.4 Å². The molecule has 3 aromatic rings. The number of hydrogen-bond donors (Lipinski definition) is 2. The predicted octanol–water partition coefficient (Wildman–Crippen LogP) is 3.80. The third-order valence-corrected chi connectivity index (χ3v) is 4.54. The molecule has 1 aromatic heterocycles. The first kappa shape index (κ1) is 18.6. The lowest BCUT2D eigenvalue weighted by Crippen LogP contribution is -2.20. The number of rotatable bonds is 6. The molecule has 0 atom stereocenters. The number of carbonyl (C=O) groups excluding carboxylic acids is 2. The first-order valence-electron chi connectivity index (χ1n) is 9.33. The van der Waals surface area contributed by atoms with E-state index in [1.54, 1.807) is 24.3 Å². The van der Waals surface area contributed by atoms with Crippen molar-refractivity contribution in [3.8, 4) is 5.75 Å². The van der Waals surface area contributed by atoms with Gasteiger partial charge in [-0.1, -0.05) is 18.2 Å². The van der Waals surface area contributed by atoms with Crippen molar-refractivity contribution in [3.63, 3.8) is 0 Å². The first-order valence-corrected chi connectivity index (χ1v) is 9.33. The van der Waals surface area contributed by atoms with Crippen molar-refractivity contribution in [2.45, 2.75) is 13.0 Å². The lowest BCUT2D eigenvalue weighted by molar-refractivity contribution is -0.116. The quantitative estimate of drug-likeness (QED) is 0.630. The number of hydrogen-bond acceptors (Lipinski definition) is 4. The van der Waals surface area contributed by atoms with E-state index in [-0.39, 0.29) is 17.6 Å². The summed E-state index contributed by atoms with van der Waals surface area (Å²) >= 11 is 0. The average molecular weight is 388 g/mol. The van der Waals surface area contributed by atoms with Crippen LogP contribution in [0.25, 0.3) is 6.08 Å². The van der Waals surface area contributed by atoms with E-state index in [4.69, 9.17) is 9.15 Å². The molecule has 2 amide bonds. The summed E-state index contributed by atoms with van der Waals surface area (Å²) in [5, 5.41) is 5.62. The molecule has 0 unspecified atom stereocenters. The van der Waals surface area contributed by atoms with Gasteiger partial charge in [-0.3, -0.25) is 9.59 Å². The normalized spacial score (nSPS) is 12.4. The van der Waals surface area contributed by atoms with E-state index in [2.05, 4.69) is 10.6 Å². The van der Waals surface area contributed by atoms with Crippen LogP contribution in [0.2, 0.25) is 0 Å². The molecule has 0 bridgehead atoms. The van der Waals surface area contributed by atoms with Crippen LogP contribution in [0.1, 0.15) is 27.2 Å². The van der Waals surface area contributed by atoms with Gasteiger partial charge in [0.1, 0.15) is 5.75 Å². The fraction of sp³-hybridized carbons (Fsp3) is 0.130. The monoisotopic (exact) mass is 388 g/mol. The molecule has 6 nitrogen and oxygen atoms in total. The summed E-state index contributed by atoms with van der Waals surface area (Å²) < 4.78 is 10.6. The Labute approximate surface area is 168 Å². The van der Waals surface area contributed by atoms with Crippen molar-refractivity contribution in [1.29, 1.82) is 0 Å². The van der Waals surface area contributed by atoms with Crippen LogP contribution in [-0.4, -0.2) is 18.4 Å². The summed E-state index contributed by atoms with van der Waals surface area (Å²) in [5.41, 5.74) is 3.64. The molecule has 1 aliphatic rings. The third kappa shape index (κ3) is 4.73. The maximum Gasteiger partial charge on any atom is 0.291 e. The molecular weight excluding hydrogens is 368 g/mol. The average Bonchev–Trinajstić information content (AvgIpc) is 3.42. The lowest BCUT2D eigenvalue weighted by atomic mass is 10.1. The van der Waals surface area contributed by atoms with Crippen molar-refractivity contribution in [2.24, 2.45) is 0 Å². The summed E-state index contributed by atoms with van der Waals surface area (Å²) in [6.07, 6.45) is 5.65. The SMILES string of the molecule is O=C(/C=C/c1ccc2c(c1)CCO2)NCc1cccc(NC(=O)c2ccco2)c1. The molecule has 29 heavy (non-hydrogen) atoms. The minimum absolute atomic E-state index is 0.188. The molecule has 0 saturated heterocycles. The number of furan rings is 1. The van der Waals surface area contributed by atoms with Gasteiger partial charge in [-0.05, 0) is 59.2 Å². The molecule has 0 aliphatic carbocycles. The highest BCUT2D eigenvalue weighted by molar-refractivity contribution is 6.02. The first-order chi connectivity index (χ1) is 14.2. The van der Waals surface area contributed by atoms with E-state index in [9.17, 15) is 9.59 Å². The van der Waals surface area contributed by atoms with E-state index in [1.165, 1.54) is 17.9 Å². The number of benzene rings is 2. The largest absolute Gasteiger partial charge is 0.493 e. The van der Waals surface area contributed by atoms with Gasteiger partial charge in [0, 0.05) is 24.7 Å². The summed E-state index contributed by atoms with van der Waals surface area (Å²) in [6, 6.07) is 16.5. The molecule has 1 aliphatic heterocycles. The zero-order valence-electron chi connectivity index (χ0n) is 15.7. The van der Waals surface area contributed by atoms with E-state index >= 15 is 0 Å². The van der Waals surface area contributed by atoms with Crippen LogP contribution < -0.4 is 15.4 Å². The molecule has 2 aromatic carbocycles. The molecule has 0 spiro atoms. The summed E-state index contributed by atoms with van der Waals surface area (Å²) in [7, 11) is 0. The third-order valence-electron chi connectivity index (χ3n) is 4.54. The Morgan fingerprint density at radius 1 is 1.07 bits per heavy atom. The van der Waals surface area contributed by atoms with Crippen LogP contribution in [0.5, 0.6) is 5.75 Å². The molecule has 0 radical (unpaired) electrons. The summed E-state index contributed by atoms with van der Waals surface area (Å²) in [5.74, 6) is 0.656. The second-order valence-corrected chi connectivity index (χ2v) is 6.65. The molecule has 146 valence electrons. The maximum atomic E-state index is 12.1. The number of ether oxygens (including phenoxy) is 1. The zero-order valence-corrected chi connectivity index (χ0v) is 15.7. The number of anilines is 1. The van der Waals surface area contributed by atoms with Crippen LogP contribution >= 0.6 is 0 Å². The van der Waals surface area contributed by atoms with Gasteiger partial charge in [-0.25, -0.2) is 0 Å². The standard InChI is InChI=1S/C23H20N2O4/c26-22(9-7-16-6-8-20-18(13-16)10-12-29-20)24-15-17-3-1-4-19(14-17)25-23(27)21-5-2-11-28-21/h1-9,11,13-14H,10,12,15H2,(H,24,26)(H,25,27)/b9-7+. The van der Waals surface area contributed by atoms with Gasteiger partial charge in [0.25, 0.3) is 5.91 Å². The minimum atomic E-state index is -0.320. The van der Waals surface area contributed by atoms with Crippen LogP contribution in [0.3, 0.4) is 0 Å². The van der Waals surface area contributed by atoms with E-state index in [0.717, 1.165) is 23.3 Å². The molecule has 6 heteroatoms. The zero-order chi connectivity index (χ0) is 20.1. The highest BCUT2D eigenvalue weighted by Crippen LogP contribution is 2.26. The van der Waals surface area contributed by atoms with E-state index in [0.29, 0.717) is 18.8 Å². The fourth-order valence-corrected chi connectivity index (χ4v) is 3.09. The Kier molecular flexibility index (Phi) is 5.42. The van der Waals surface area contributed by atoms with Gasteiger partial charge in [0.05, 0.1) is 12.9 Å². The summed E-state index contributed by atoms with van der Waals surface area (Å²) in [6.45, 7) is 1.07. The van der Waals surface area contributed by atoms with Gasteiger partial charge in [0.2, 0.25) is 5.91 Å². The Balaban J connectivity index is 1.31. The van der Waals surface area contributed by atoms with Crippen molar-refractivity contribution in [3.05, 3.63) is 89.4 Å². The van der Waals surface area contributed by atoms with E-state index in [1.807, 2.05) is 36.4 Å². The van der Waals surface area contributed by atoms with Crippen LogP contribution in [-0.2, 0) is 17.8 Å². The number of amides is 2. The maximum absolute atomic E-state index is 12.1. The van der Waals surface area contributed by atoms with Crippen molar-refractivity contribution in [1.82, 2.24) is 5.32 Å². The molecule has 2 N–H and O–H groups in total. The minimum Gasteiger partial charge on any atom is -0.493 e. The number of nitrogens with one attached hydrogen (secondary N) is 2. The number of fused-ring (bicyclic) bond motifs is 1. The lowest BCUT2D eigenvalue weighted by Gasteiger charge is -2.07. The van der Waals surface area contributed by atoms with Crippen LogP contribution in [0.4, 0.5) is 5.69 Å². The predicted molar refractivity (Wildman–Crippen MR) is 110 cm³/mol. The van der Waals surface area contributed by atoms with Crippen LogP contribution in [0, 0.1) is 0 Å². The Bertz CT molecular complexity index is 1050. The molecule has 0 saturated carbocycles. The number of carbonyl (C=O) groups is 2. The Morgan fingerprint density at radius 2 is 2.00 bits per heavy atom. The van der Waals surface area contributed by atoms with Gasteiger partial charge < -0.3 is 19.8 Å². The van der Waals surface area contributed by atoms with E-state index < -0.39 is 0 Å². The van der Waals surface area contributed by atoms with Crippen molar-refractivity contribution >= 4 is 23.6 Å².